The van der Waals surface area contributed by atoms with Crippen LogP contribution in [0.1, 0.15) is 18.9 Å². The van der Waals surface area contributed by atoms with Crippen LogP contribution in [0.25, 0.3) is 0 Å². The Morgan fingerprint density at radius 2 is 1.79 bits per heavy atom. The number of carboxylic acids is 1. The lowest BCUT2D eigenvalue weighted by Crippen LogP contribution is -2.55. The van der Waals surface area contributed by atoms with Crippen molar-refractivity contribution in [2.24, 2.45) is 0 Å². The summed E-state index contributed by atoms with van der Waals surface area (Å²) in [5.74, 6) is -2.09. The Morgan fingerprint density at radius 1 is 1.21 bits per heavy atom. The van der Waals surface area contributed by atoms with Crippen molar-refractivity contribution in [3.05, 3.63) is 29.8 Å². The Kier molecular flexibility index (Phi) is 6.59. The lowest BCUT2D eigenvalue weighted by Gasteiger charge is -2.25. The van der Waals surface area contributed by atoms with Crippen LogP contribution in [-0.2, 0) is 20.7 Å². The molecule has 0 saturated heterocycles. The quantitative estimate of drug-likeness (QED) is 0.751. The van der Waals surface area contributed by atoms with Crippen LogP contribution in [0.4, 0.5) is 13.2 Å². The molecule has 1 unspecified atom stereocenters. The fourth-order valence-electron chi connectivity index (χ4n) is 1.93. The van der Waals surface area contributed by atoms with Gasteiger partial charge < -0.3 is 19.9 Å². The van der Waals surface area contributed by atoms with Crippen LogP contribution >= 0.6 is 0 Å². The molecule has 0 aliphatic carbocycles. The predicted octanol–water partition coefficient (Wildman–Crippen LogP) is 2.12. The molecule has 0 saturated carbocycles. The number of alkyl halides is 3. The number of hydrogen-bond donors (Lipinski definition) is 2. The summed E-state index contributed by atoms with van der Waals surface area (Å²) in [5, 5.41) is 11.5. The Balaban J connectivity index is 2.56. The molecule has 1 atom stereocenters. The van der Waals surface area contributed by atoms with E-state index in [0.29, 0.717) is 5.56 Å². The summed E-state index contributed by atoms with van der Waals surface area (Å²) in [7, 11) is 1.32. The number of methoxy groups -OCH3 is 1. The SMILES string of the molecule is COCC(C)(NC(=O)CCc1ccc(OC(F)(F)F)cc1)C(=O)O. The summed E-state index contributed by atoms with van der Waals surface area (Å²) >= 11 is 0. The summed E-state index contributed by atoms with van der Waals surface area (Å²) in [6, 6.07) is 5.10. The van der Waals surface area contributed by atoms with Crippen LogP contribution in [-0.4, -0.2) is 42.6 Å². The summed E-state index contributed by atoms with van der Waals surface area (Å²) in [4.78, 5) is 23.0. The maximum absolute atomic E-state index is 12.0. The minimum Gasteiger partial charge on any atom is -0.479 e. The molecule has 6 nitrogen and oxygen atoms in total. The van der Waals surface area contributed by atoms with Crippen molar-refractivity contribution in [3.8, 4) is 5.75 Å². The van der Waals surface area contributed by atoms with E-state index in [2.05, 4.69) is 10.1 Å². The average Bonchev–Trinajstić information content (AvgIpc) is 2.45. The van der Waals surface area contributed by atoms with E-state index in [-0.39, 0.29) is 25.2 Å². The summed E-state index contributed by atoms with van der Waals surface area (Å²) in [6.07, 6.45) is -4.54. The molecule has 0 aromatic heterocycles. The zero-order chi connectivity index (χ0) is 18.4. The zero-order valence-corrected chi connectivity index (χ0v) is 13.1. The van der Waals surface area contributed by atoms with Crippen molar-refractivity contribution >= 4 is 11.9 Å². The number of ether oxygens (including phenoxy) is 2. The van der Waals surface area contributed by atoms with Gasteiger partial charge in [0.25, 0.3) is 0 Å². The van der Waals surface area contributed by atoms with Gasteiger partial charge >= 0.3 is 12.3 Å². The minimum absolute atomic E-state index is 0.0218. The first kappa shape index (κ1) is 19.8. The minimum atomic E-state index is -4.76. The lowest BCUT2D eigenvalue weighted by molar-refractivity contribution is -0.274. The van der Waals surface area contributed by atoms with Crippen molar-refractivity contribution in [3.63, 3.8) is 0 Å². The van der Waals surface area contributed by atoms with Gasteiger partial charge in [0.2, 0.25) is 5.91 Å². The maximum atomic E-state index is 12.0. The van der Waals surface area contributed by atoms with Gasteiger partial charge in [0.05, 0.1) is 6.61 Å². The highest BCUT2D eigenvalue weighted by Crippen LogP contribution is 2.23. The smallest absolute Gasteiger partial charge is 0.479 e. The first-order chi connectivity index (χ1) is 11.1. The van der Waals surface area contributed by atoms with Crippen molar-refractivity contribution in [2.75, 3.05) is 13.7 Å². The number of aliphatic carboxylic acids is 1. The van der Waals surface area contributed by atoms with Crippen LogP contribution < -0.4 is 10.1 Å². The topological polar surface area (TPSA) is 84.9 Å². The predicted molar refractivity (Wildman–Crippen MR) is 77.5 cm³/mol. The number of carbonyl (C=O) groups excluding carboxylic acids is 1. The molecule has 2 N–H and O–H groups in total. The van der Waals surface area contributed by atoms with E-state index >= 15 is 0 Å². The molecule has 9 heteroatoms. The molecule has 1 aromatic carbocycles. The third-order valence-electron chi connectivity index (χ3n) is 3.12. The molecule has 0 heterocycles. The summed E-state index contributed by atoms with van der Waals surface area (Å²) in [6.45, 7) is 1.12. The number of benzene rings is 1. The number of carboxylic acid groups (broad SMARTS) is 1. The first-order valence-electron chi connectivity index (χ1n) is 6.94. The Morgan fingerprint density at radius 3 is 2.25 bits per heavy atom. The van der Waals surface area contributed by atoms with Gasteiger partial charge in [0.1, 0.15) is 5.75 Å². The third kappa shape index (κ3) is 6.45. The number of carbonyl (C=O) groups is 2. The van der Waals surface area contributed by atoms with Crippen LogP contribution in [0.3, 0.4) is 0 Å². The molecule has 0 spiro atoms. The molecule has 0 aliphatic heterocycles. The number of aryl methyl sites for hydroxylation is 1. The highest BCUT2D eigenvalue weighted by Gasteiger charge is 2.34. The Labute approximate surface area is 136 Å². The van der Waals surface area contributed by atoms with E-state index < -0.39 is 23.8 Å². The van der Waals surface area contributed by atoms with Gasteiger partial charge in [-0.3, -0.25) is 4.79 Å². The fraction of sp³-hybridized carbons (Fsp3) is 0.467. The van der Waals surface area contributed by atoms with Crippen molar-refractivity contribution in [1.29, 1.82) is 0 Å². The van der Waals surface area contributed by atoms with Crippen LogP contribution in [0, 0.1) is 0 Å². The second-order valence-corrected chi connectivity index (χ2v) is 5.31. The molecule has 24 heavy (non-hydrogen) atoms. The van der Waals surface area contributed by atoms with Crippen molar-refractivity contribution in [2.45, 2.75) is 31.7 Å². The Hall–Kier alpha value is -2.29. The van der Waals surface area contributed by atoms with Gasteiger partial charge in [-0.05, 0) is 31.0 Å². The standard InChI is InChI=1S/C15H18F3NO5/c1-14(9-23-2,13(21)22)19-12(20)8-5-10-3-6-11(7-4-10)24-15(16,17)18/h3-4,6-7H,5,8-9H2,1-2H3,(H,19,20)(H,21,22). The number of hydrogen-bond acceptors (Lipinski definition) is 4. The zero-order valence-electron chi connectivity index (χ0n) is 13.1. The largest absolute Gasteiger partial charge is 0.573 e. The van der Waals surface area contributed by atoms with Crippen LogP contribution in [0.2, 0.25) is 0 Å². The van der Waals surface area contributed by atoms with Crippen molar-refractivity contribution < 1.29 is 37.3 Å². The van der Waals surface area contributed by atoms with E-state index in [1.54, 1.807) is 0 Å². The molecule has 0 aliphatic rings. The van der Waals surface area contributed by atoms with E-state index in [1.165, 1.54) is 26.2 Å². The van der Waals surface area contributed by atoms with Gasteiger partial charge in [0.15, 0.2) is 5.54 Å². The fourth-order valence-corrected chi connectivity index (χ4v) is 1.93. The van der Waals surface area contributed by atoms with E-state index in [9.17, 15) is 22.8 Å². The molecule has 0 bridgehead atoms. The van der Waals surface area contributed by atoms with E-state index in [0.717, 1.165) is 12.1 Å². The van der Waals surface area contributed by atoms with E-state index in [4.69, 9.17) is 9.84 Å². The van der Waals surface area contributed by atoms with Gasteiger partial charge in [-0.1, -0.05) is 12.1 Å². The number of halogens is 3. The second-order valence-electron chi connectivity index (χ2n) is 5.31. The first-order valence-corrected chi connectivity index (χ1v) is 6.94. The lowest BCUT2D eigenvalue weighted by atomic mass is 10.0. The summed E-state index contributed by atoms with van der Waals surface area (Å²) in [5.41, 5.74) is -0.931. The highest BCUT2D eigenvalue weighted by atomic mass is 19.4. The number of rotatable bonds is 8. The third-order valence-corrected chi connectivity index (χ3v) is 3.12. The molecule has 134 valence electrons. The molecular weight excluding hydrogens is 331 g/mol. The van der Waals surface area contributed by atoms with Gasteiger partial charge in [-0.15, -0.1) is 13.2 Å². The molecule has 0 fully saturated rings. The normalized spacial score (nSPS) is 13.9. The second kappa shape index (κ2) is 8.00. The molecule has 1 aromatic rings. The van der Waals surface area contributed by atoms with Gasteiger partial charge in [-0.2, -0.15) is 0 Å². The molecule has 0 radical (unpaired) electrons. The van der Waals surface area contributed by atoms with Crippen LogP contribution in [0.15, 0.2) is 24.3 Å². The maximum Gasteiger partial charge on any atom is 0.573 e. The average molecular weight is 349 g/mol. The van der Waals surface area contributed by atoms with Crippen molar-refractivity contribution in [1.82, 2.24) is 5.32 Å². The Bertz CT molecular complexity index is 573. The monoisotopic (exact) mass is 349 g/mol. The van der Waals surface area contributed by atoms with Crippen LogP contribution in [0.5, 0.6) is 5.75 Å². The molecule has 1 rings (SSSR count). The molecular formula is C15H18F3NO5. The highest BCUT2D eigenvalue weighted by molar-refractivity contribution is 5.86. The molecule has 1 amide bonds. The van der Waals surface area contributed by atoms with Gasteiger partial charge in [-0.25, -0.2) is 4.79 Å². The van der Waals surface area contributed by atoms with Gasteiger partial charge in [0, 0.05) is 13.5 Å². The summed E-state index contributed by atoms with van der Waals surface area (Å²) < 4.78 is 44.7. The van der Waals surface area contributed by atoms with E-state index in [1.807, 2.05) is 0 Å². The number of nitrogens with one attached hydrogen (secondary N) is 1. The number of amides is 1.